The molecular weight excluding hydrogens is 230 g/mol. The average molecular weight is 249 g/mol. The third-order valence-electron chi connectivity index (χ3n) is 3.42. The predicted octanol–water partition coefficient (Wildman–Crippen LogP) is 0.859. The molecule has 5 nitrogen and oxygen atoms in total. The number of amides is 1. The fourth-order valence-corrected chi connectivity index (χ4v) is 2.37. The van der Waals surface area contributed by atoms with Crippen molar-refractivity contribution in [3.05, 3.63) is 24.0 Å². The number of piperidine rings is 1. The van der Waals surface area contributed by atoms with Crippen molar-refractivity contribution in [2.24, 2.45) is 5.92 Å². The first-order chi connectivity index (χ1) is 8.72. The first kappa shape index (κ1) is 12.8. The first-order valence-corrected chi connectivity index (χ1v) is 6.29. The summed E-state index contributed by atoms with van der Waals surface area (Å²) in [5.74, 6) is 0.503. The number of nitrogens with zero attached hydrogens (tertiary/aromatic N) is 2. The summed E-state index contributed by atoms with van der Waals surface area (Å²) in [6.45, 7) is 2.52. The van der Waals surface area contributed by atoms with Crippen molar-refractivity contribution < 1.29 is 9.90 Å². The zero-order chi connectivity index (χ0) is 13.0. The number of pyridine rings is 1. The highest BCUT2D eigenvalue weighted by atomic mass is 16.3. The van der Waals surface area contributed by atoms with Crippen LogP contribution in [-0.4, -0.2) is 47.6 Å². The number of carbonyl (C=O) groups is 1. The van der Waals surface area contributed by atoms with Crippen molar-refractivity contribution in [3.8, 4) is 5.75 Å². The van der Waals surface area contributed by atoms with Crippen molar-refractivity contribution in [1.29, 1.82) is 0 Å². The Balaban J connectivity index is 1.98. The minimum Gasteiger partial charge on any atom is -0.505 e. The maximum absolute atomic E-state index is 12.2. The monoisotopic (exact) mass is 249 g/mol. The average Bonchev–Trinajstić information content (AvgIpc) is 2.40. The fourth-order valence-electron chi connectivity index (χ4n) is 2.37. The largest absolute Gasteiger partial charge is 0.505 e. The lowest BCUT2D eigenvalue weighted by Crippen LogP contribution is -2.40. The van der Waals surface area contributed by atoms with Crippen molar-refractivity contribution in [2.45, 2.75) is 12.8 Å². The number of likely N-dealkylation sites (tertiary alicyclic amines) is 1. The number of hydrogen-bond acceptors (Lipinski definition) is 4. The normalized spacial score (nSPS) is 16.8. The molecule has 0 aliphatic carbocycles. The Labute approximate surface area is 107 Å². The van der Waals surface area contributed by atoms with Crippen LogP contribution in [0.2, 0.25) is 0 Å². The van der Waals surface area contributed by atoms with Gasteiger partial charge in [0.25, 0.3) is 5.91 Å². The smallest absolute Gasteiger partial charge is 0.257 e. The van der Waals surface area contributed by atoms with E-state index in [1.165, 1.54) is 12.4 Å². The number of rotatable bonds is 3. The second-order valence-electron chi connectivity index (χ2n) is 4.69. The van der Waals surface area contributed by atoms with Gasteiger partial charge in [0.2, 0.25) is 0 Å². The van der Waals surface area contributed by atoms with E-state index in [1.54, 1.807) is 11.0 Å². The highest BCUT2D eigenvalue weighted by Gasteiger charge is 2.24. The van der Waals surface area contributed by atoms with Gasteiger partial charge < -0.3 is 15.3 Å². The predicted molar refractivity (Wildman–Crippen MR) is 68.5 cm³/mol. The molecule has 18 heavy (non-hydrogen) atoms. The van der Waals surface area contributed by atoms with Crippen LogP contribution >= 0.6 is 0 Å². The van der Waals surface area contributed by atoms with Crippen molar-refractivity contribution in [2.75, 3.05) is 26.7 Å². The number of hydrogen-bond donors (Lipinski definition) is 2. The maximum Gasteiger partial charge on any atom is 0.257 e. The molecule has 2 N–H and O–H groups in total. The molecule has 0 aromatic carbocycles. The maximum atomic E-state index is 12.2. The van der Waals surface area contributed by atoms with Gasteiger partial charge in [-0.3, -0.25) is 9.78 Å². The quantitative estimate of drug-likeness (QED) is 0.834. The Kier molecular flexibility index (Phi) is 4.15. The Bertz CT molecular complexity index is 414. The summed E-state index contributed by atoms with van der Waals surface area (Å²) < 4.78 is 0. The summed E-state index contributed by atoms with van der Waals surface area (Å²) in [5, 5.41) is 12.8. The summed E-state index contributed by atoms with van der Waals surface area (Å²) in [5.41, 5.74) is 0.345. The van der Waals surface area contributed by atoms with E-state index in [-0.39, 0.29) is 11.7 Å². The Morgan fingerprint density at radius 1 is 1.56 bits per heavy atom. The lowest BCUT2D eigenvalue weighted by Gasteiger charge is -2.32. The van der Waals surface area contributed by atoms with E-state index in [0.29, 0.717) is 11.5 Å². The molecule has 1 aromatic rings. The highest BCUT2D eigenvalue weighted by molar-refractivity contribution is 5.96. The Morgan fingerprint density at radius 3 is 2.89 bits per heavy atom. The zero-order valence-corrected chi connectivity index (χ0v) is 10.6. The van der Waals surface area contributed by atoms with Gasteiger partial charge in [-0.05, 0) is 38.4 Å². The number of nitrogens with one attached hydrogen (secondary N) is 1. The number of aromatic nitrogens is 1. The lowest BCUT2D eigenvalue weighted by molar-refractivity contribution is 0.0687. The molecule has 0 saturated carbocycles. The van der Waals surface area contributed by atoms with Crippen LogP contribution in [0.15, 0.2) is 18.5 Å². The van der Waals surface area contributed by atoms with Crippen molar-refractivity contribution in [1.82, 2.24) is 15.2 Å². The van der Waals surface area contributed by atoms with Gasteiger partial charge in [-0.15, -0.1) is 0 Å². The molecule has 98 valence electrons. The number of aromatic hydroxyl groups is 1. The summed E-state index contributed by atoms with van der Waals surface area (Å²) in [6.07, 6.45) is 4.86. The van der Waals surface area contributed by atoms with Crippen molar-refractivity contribution >= 4 is 5.91 Å². The molecular formula is C13H19N3O2. The van der Waals surface area contributed by atoms with E-state index in [1.807, 2.05) is 7.05 Å². The first-order valence-electron chi connectivity index (χ1n) is 6.29. The van der Waals surface area contributed by atoms with Crippen LogP contribution in [0.3, 0.4) is 0 Å². The van der Waals surface area contributed by atoms with Crippen LogP contribution < -0.4 is 5.32 Å². The second-order valence-corrected chi connectivity index (χ2v) is 4.69. The van der Waals surface area contributed by atoms with Crippen LogP contribution in [0, 0.1) is 5.92 Å². The van der Waals surface area contributed by atoms with Crippen LogP contribution in [0.5, 0.6) is 5.75 Å². The summed E-state index contributed by atoms with van der Waals surface area (Å²) in [6, 6.07) is 1.57. The molecule has 0 atom stereocenters. The van der Waals surface area contributed by atoms with Gasteiger partial charge >= 0.3 is 0 Å². The third kappa shape index (κ3) is 2.79. The summed E-state index contributed by atoms with van der Waals surface area (Å²) in [7, 11) is 1.95. The van der Waals surface area contributed by atoms with E-state index in [0.717, 1.165) is 32.5 Å². The molecule has 1 fully saturated rings. The molecule has 0 spiro atoms. The van der Waals surface area contributed by atoms with Gasteiger partial charge in [-0.2, -0.15) is 0 Å². The van der Waals surface area contributed by atoms with E-state index < -0.39 is 0 Å². The second kappa shape index (κ2) is 5.82. The topological polar surface area (TPSA) is 65.5 Å². The summed E-state index contributed by atoms with van der Waals surface area (Å²) in [4.78, 5) is 17.8. The van der Waals surface area contributed by atoms with Gasteiger partial charge in [0, 0.05) is 19.3 Å². The van der Waals surface area contributed by atoms with Gasteiger partial charge in [0.15, 0.2) is 0 Å². The molecule has 1 amide bonds. The third-order valence-corrected chi connectivity index (χ3v) is 3.42. The minimum atomic E-state index is -0.0993. The molecule has 0 radical (unpaired) electrons. The van der Waals surface area contributed by atoms with E-state index in [4.69, 9.17) is 0 Å². The van der Waals surface area contributed by atoms with Crippen molar-refractivity contribution in [3.63, 3.8) is 0 Å². The molecule has 1 aromatic heterocycles. The van der Waals surface area contributed by atoms with Crippen LogP contribution in [-0.2, 0) is 0 Å². The van der Waals surface area contributed by atoms with Gasteiger partial charge in [-0.25, -0.2) is 0 Å². The molecule has 2 rings (SSSR count). The summed E-state index contributed by atoms with van der Waals surface area (Å²) >= 11 is 0. The Hall–Kier alpha value is -1.62. The fraction of sp³-hybridized carbons (Fsp3) is 0.538. The highest BCUT2D eigenvalue weighted by Crippen LogP contribution is 2.21. The number of carbonyl (C=O) groups excluding carboxylic acids is 1. The molecule has 0 unspecified atom stereocenters. The minimum absolute atomic E-state index is 0.0418. The molecule has 1 saturated heterocycles. The standard InChI is InChI=1S/C13H19N3O2/c1-14-8-10-3-6-16(7-4-10)13(18)11-2-5-15-9-12(11)17/h2,5,9-10,14,17H,3-4,6-8H2,1H3. The van der Waals surface area contributed by atoms with Gasteiger partial charge in [0.1, 0.15) is 5.75 Å². The molecule has 1 aliphatic heterocycles. The van der Waals surface area contributed by atoms with Crippen LogP contribution in [0.1, 0.15) is 23.2 Å². The molecule has 5 heteroatoms. The van der Waals surface area contributed by atoms with E-state index >= 15 is 0 Å². The van der Waals surface area contributed by atoms with E-state index in [9.17, 15) is 9.90 Å². The van der Waals surface area contributed by atoms with Gasteiger partial charge in [0.05, 0.1) is 11.8 Å². The van der Waals surface area contributed by atoms with E-state index in [2.05, 4.69) is 10.3 Å². The van der Waals surface area contributed by atoms with Crippen LogP contribution in [0.25, 0.3) is 0 Å². The Morgan fingerprint density at radius 2 is 2.28 bits per heavy atom. The molecule has 1 aliphatic rings. The molecule has 2 heterocycles. The molecule has 0 bridgehead atoms. The van der Waals surface area contributed by atoms with Crippen LogP contribution in [0.4, 0.5) is 0 Å². The lowest BCUT2D eigenvalue weighted by atomic mass is 9.96. The zero-order valence-electron chi connectivity index (χ0n) is 10.6. The van der Waals surface area contributed by atoms with Gasteiger partial charge in [-0.1, -0.05) is 0 Å². The SMILES string of the molecule is CNCC1CCN(C(=O)c2ccncc2O)CC1.